The van der Waals surface area contributed by atoms with Crippen molar-refractivity contribution in [3.05, 3.63) is 82.2 Å². The third-order valence-corrected chi connectivity index (χ3v) is 6.21. The first-order chi connectivity index (χ1) is 17.6. The molecule has 1 aliphatic rings. The van der Waals surface area contributed by atoms with Crippen molar-refractivity contribution in [2.75, 3.05) is 25.1 Å². The maximum atomic E-state index is 13.3. The van der Waals surface area contributed by atoms with Gasteiger partial charge in [-0.05, 0) is 41.2 Å². The van der Waals surface area contributed by atoms with Crippen molar-refractivity contribution in [2.24, 2.45) is 5.92 Å². The minimum absolute atomic E-state index is 0.0140. The first-order valence-corrected chi connectivity index (χ1v) is 11.7. The Bertz CT molecular complexity index is 1440. The summed E-state index contributed by atoms with van der Waals surface area (Å²) < 4.78 is 7.06. The number of anilines is 1. The predicted octanol–water partition coefficient (Wildman–Crippen LogP) is 1.97. The number of nitrogens with zero attached hydrogens (tertiary/aromatic N) is 4. The third kappa shape index (κ3) is 5.15. The van der Waals surface area contributed by atoms with E-state index in [-0.39, 0.29) is 11.5 Å². The highest BCUT2D eigenvalue weighted by molar-refractivity contribution is 6.14. The molecule has 2 aromatic heterocycles. The second-order valence-electron chi connectivity index (χ2n) is 8.61. The van der Waals surface area contributed by atoms with Crippen LogP contribution in [0.2, 0.25) is 0 Å². The van der Waals surface area contributed by atoms with Crippen molar-refractivity contribution in [2.45, 2.75) is 19.4 Å². The largest absolute Gasteiger partial charge is 0.381 e. The van der Waals surface area contributed by atoms with E-state index in [1.807, 2.05) is 30.3 Å². The van der Waals surface area contributed by atoms with Gasteiger partial charge in [0.1, 0.15) is 0 Å². The van der Waals surface area contributed by atoms with Crippen LogP contribution in [-0.2, 0) is 11.3 Å². The van der Waals surface area contributed by atoms with Gasteiger partial charge in [-0.25, -0.2) is 9.67 Å². The number of fused-ring (bicyclic) bond motifs is 1. The maximum absolute atomic E-state index is 13.3. The number of rotatable bonds is 7. The number of aromatic amines is 1. The number of nitrogens with one attached hydrogen (secondary N) is 3. The highest BCUT2D eigenvalue weighted by Gasteiger charge is 2.21. The van der Waals surface area contributed by atoms with E-state index in [1.54, 1.807) is 23.1 Å². The maximum Gasteiger partial charge on any atom is 0.271 e. The summed E-state index contributed by atoms with van der Waals surface area (Å²) in [5.74, 6) is -0.669. The summed E-state index contributed by atoms with van der Waals surface area (Å²) in [4.78, 5) is 44.6. The average molecular weight is 488 g/mol. The molecule has 11 heteroatoms. The number of ether oxygens (including phenoxy) is 1. The molecule has 1 fully saturated rings. The summed E-state index contributed by atoms with van der Waals surface area (Å²) in [7, 11) is 0. The van der Waals surface area contributed by atoms with Crippen LogP contribution in [0.3, 0.4) is 0 Å². The van der Waals surface area contributed by atoms with Crippen molar-refractivity contribution >= 4 is 28.4 Å². The Morgan fingerprint density at radius 1 is 1.08 bits per heavy atom. The van der Waals surface area contributed by atoms with Gasteiger partial charge in [0.15, 0.2) is 11.5 Å². The molecular weight excluding hydrogens is 462 g/mol. The Morgan fingerprint density at radius 3 is 2.67 bits per heavy atom. The van der Waals surface area contributed by atoms with Crippen LogP contribution in [0.1, 0.15) is 39.3 Å². The Balaban J connectivity index is 1.38. The fraction of sp³-hybridized carbons (Fsp3) is 0.280. The molecule has 0 spiro atoms. The number of amides is 2. The van der Waals surface area contributed by atoms with Gasteiger partial charge in [-0.1, -0.05) is 35.5 Å². The smallest absolute Gasteiger partial charge is 0.271 e. The van der Waals surface area contributed by atoms with Crippen LogP contribution in [0.5, 0.6) is 0 Å². The summed E-state index contributed by atoms with van der Waals surface area (Å²) in [6.45, 7) is 2.28. The molecule has 2 aromatic carbocycles. The van der Waals surface area contributed by atoms with E-state index in [0.717, 1.165) is 35.4 Å². The molecule has 1 saturated heterocycles. The molecule has 0 aliphatic carbocycles. The predicted molar refractivity (Wildman–Crippen MR) is 132 cm³/mol. The van der Waals surface area contributed by atoms with Crippen LogP contribution < -0.4 is 16.2 Å². The highest BCUT2D eigenvalue weighted by Crippen LogP contribution is 2.25. The number of aromatic nitrogens is 5. The number of carbonyl (C=O) groups is 2. The van der Waals surface area contributed by atoms with E-state index in [0.29, 0.717) is 37.8 Å². The summed E-state index contributed by atoms with van der Waals surface area (Å²) in [6, 6.07) is 11.1. The van der Waals surface area contributed by atoms with Gasteiger partial charge in [0.2, 0.25) is 0 Å². The van der Waals surface area contributed by atoms with Crippen LogP contribution >= 0.6 is 0 Å². The lowest BCUT2D eigenvalue weighted by Gasteiger charge is -2.22. The minimum Gasteiger partial charge on any atom is -0.381 e. The fourth-order valence-electron chi connectivity index (χ4n) is 4.30. The Hall–Kier alpha value is -4.38. The van der Waals surface area contributed by atoms with Gasteiger partial charge in [0.05, 0.1) is 18.9 Å². The molecule has 5 rings (SSSR count). The molecule has 4 aromatic rings. The van der Waals surface area contributed by atoms with Crippen molar-refractivity contribution in [3.63, 3.8) is 0 Å². The molecule has 0 bridgehead atoms. The van der Waals surface area contributed by atoms with Crippen LogP contribution in [0.15, 0.2) is 59.8 Å². The van der Waals surface area contributed by atoms with Crippen molar-refractivity contribution in [3.8, 4) is 0 Å². The van der Waals surface area contributed by atoms with E-state index < -0.39 is 17.4 Å². The van der Waals surface area contributed by atoms with Gasteiger partial charge in [0, 0.05) is 31.5 Å². The van der Waals surface area contributed by atoms with Crippen LogP contribution in [0.4, 0.5) is 5.82 Å². The van der Waals surface area contributed by atoms with E-state index in [4.69, 9.17) is 4.74 Å². The second kappa shape index (κ2) is 10.5. The monoisotopic (exact) mass is 487 g/mol. The van der Waals surface area contributed by atoms with E-state index >= 15 is 0 Å². The van der Waals surface area contributed by atoms with Crippen molar-refractivity contribution in [1.29, 1.82) is 0 Å². The standard InChI is InChI=1S/C25H25N7O4/c33-21-14-26-23(22(29-21)25(35)27-13-16-7-11-36-12-8-16)30-24(34)20-6-5-17(15-32-10-9-28-31-32)18-3-1-2-4-19(18)20/h1-6,9-10,14,16H,7-8,11-13,15H2,(H,27,35)(H,29,33)(H,26,30,34). The van der Waals surface area contributed by atoms with Gasteiger partial charge < -0.3 is 20.4 Å². The lowest BCUT2D eigenvalue weighted by Crippen LogP contribution is -2.34. The van der Waals surface area contributed by atoms with Crippen LogP contribution in [0.25, 0.3) is 10.8 Å². The summed E-state index contributed by atoms with van der Waals surface area (Å²) in [6.07, 6.45) is 6.12. The Kier molecular flexibility index (Phi) is 6.80. The van der Waals surface area contributed by atoms with Gasteiger partial charge in [-0.2, -0.15) is 0 Å². The summed E-state index contributed by atoms with van der Waals surface area (Å²) >= 11 is 0. The molecule has 0 atom stereocenters. The molecule has 0 saturated carbocycles. The average Bonchev–Trinajstić information content (AvgIpc) is 3.42. The van der Waals surface area contributed by atoms with Crippen LogP contribution in [0, 0.1) is 5.92 Å². The molecule has 36 heavy (non-hydrogen) atoms. The molecule has 11 nitrogen and oxygen atoms in total. The molecular formula is C25H25N7O4. The first kappa shape index (κ1) is 23.4. The Morgan fingerprint density at radius 2 is 1.89 bits per heavy atom. The number of hydrogen-bond donors (Lipinski definition) is 3. The molecule has 3 N–H and O–H groups in total. The molecule has 184 valence electrons. The number of hydrogen-bond acceptors (Lipinski definition) is 7. The second-order valence-corrected chi connectivity index (χ2v) is 8.61. The zero-order valence-corrected chi connectivity index (χ0v) is 19.4. The number of benzene rings is 2. The zero-order valence-electron chi connectivity index (χ0n) is 19.4. The molecule has 3 heterocycles. The minimum atomic E-state index is -0.535. The SMILES string of the molecule is O=C(NCC1CCOCC1)c1[nH]c(=O)cnc1NC(=O)c1ccc(Cn2ccnn2)c2ccccc12. The van der Waals surface area contributed by atoms with E-state index in [1.165, 1.54) is 0 Å². The highest BCUT2D eigenvalue weighted by atomic mass is 16.5. The number of carbonyl (C=O) groups excluding carboxylic acids is 2. The topological polar surface area (TPSA) is 144 Å². The van der Waals surface area contributed by atoms with Gasteiger partial charge in [-0.15, -0.1) is 5.10 Å². The summed E-state index contributed by atoms with van der Waals surface area (Å²) in [5, 5.41) is 15.0. The first-order valence-electron chi connectivity index (χ1n) is 11.7. The normalized spacial score (nSPS) is 14.0. The van der Waals surface area contributed by atoms with E-state index in [9.17, 15) is 14.4 Å². The van der Waals surface area contributed by atoms with Gasteiger partial charge >= 0.3 is 0 Å². The molecule has 0 unspecified atom stereocenters. The molecule has 1 aliphatic heterocycles. The van der Waals surface area contributed by atoms with Crippen molar-refractivity contribution < 1.29 is 14.3 Å². The Labute approximate surface area is 205 Å². The fourth-order valence-corrected chi connectivity index (χ4v) is 4.30. The zero-order chi connectivity index (χ0) is 24.9. The molecule has 2 amide bonds. The molecule has 0 radical (unpaired) electrons. The summed E-state index contributed by atoms with van der Waals surface area (Å²) in [5.41, 5.74) is 0.764. The lowest BCUT2D eigenvalue weighted by atomic mass is 9.99. The van der Waals surface area contributed by atoms with Gasteiger partial charge in [0.25, 0.3) is 17.4 Å². The third-order valence-electron chi connectivity index (χ3n) is 6.21. The number of H-pyrrole nitrogens is 1. The van der Waals surface area contributed by atoms with Crippen LogP contribution in [-0.4, -0.2) is 56.5 Å². The van der Waals surface area contributed by atoms with Crippen molar-refractivity contribution in [1.82, 2.24) is 30.3 Å². The van der Waals surface area contributed by atoms with E-state index in [2.05, 4.69) is 30.9 Å². The lowest BCUT2D eigenvalue weighted by molar-refractivity contribution is 0.0642. The quantitative estimate of drug-likeness (QED) is 0.361. The van der Waals surface area contributed by atoms with Gasteiger partial charge in [-0.3, -0.25) is 14.4 Å².